The summed E-state index contributed by atoms with van der Waals surface area (Å²) in [5.74, 6) is 0.439. The Morgan fingerprint density at radius 2 is 1.86 bits per heavy atom. The fourth-order valence-electron chi connectivity index (χ4n) is 1.86. The Morgan fingerprint density at radius 3 is 2.62 bits per heavy atom. The molecule has 1 heterocycles. The molecule has 0 amide bonds. The maximum Gasteiger partial charge on any atom is 0.340 e. The molecule has 3 rings (SSSR count). The number of fused-ring (bicyclic) bond motifs is 1. The van der Waals surface area contributed by atoms with Crippen molar-refractivity contribution in [1.29, 1.82) is 0 Å². The summed E-state index contributed by atoms with van der Waals surface area (Å²) < 4.78 is 10.8. The highest BCUT2D eigenvalue weighted by Gasteiger charge is 2.08. The van der Waals surface area contributed by atoms with Gasteiger partial charge in [0, 0.05) is 9.92 Å². The van der Waals surface area contributed by atoms with Crippen molar-refractivity contribution >= 4 is 34.6 Å². The first-order valence-corrected chi connectivity index (χ1v) is 7.38. The molecule has 0 spiro atoms. The van der Waals surface area contributed by atoms with Gasteiger partial charge in [0.1, 0.15) is 5.58 Å². The standard InChI is InChI=1S/C16H11ClO3S/c1-10-2-5-12(6-3-10)21-20-15-9-16(18)19-14-7-4-11(17)8-13(14)15/h2-9H,1H3. The molecule has 0 unspecified atom stereocenters. The molecular formula is C16H11ClO3S. The van der Waals surface area contributed by atoms with Crippen molar-refractivity contribution in [2.75, 3.05) is 0 Å². The highest BCUT2D eigenvalue weighted by molar-refractivity contribution is 7.95. The highest BCUT2D eigenvalue weighted by atomic mass is 35.5. The van der Waals surface area contributed by atoms with Crippen molar-refractivity contribution in [3.63, 3.8) is 0 Å². The molecule has 0 radical (unpaired) electrons. The van der Waals surface area contributed by atoms with Crippen LogP contribution < -0.4 is 9.81 Å². The van der Waals surface area contributed by atoms with Crippen LogP contribution in [0.2, 0.25) is 5.02 Å². The molecule has 0 bridgehead atoms. The largest absolute Gasteiger partial charge is 0.422 e. The molecule has 5 heteroatoms. The van der Waals surface area contributed by atoms with Crippen LogP contribution in [-0.2, 0) is 0 Å². The fourth-order valence-corrected chi connectivity index (χ4v) is 2.61. The summed E-state index contributed by atoms with van der Waals surface area (Å²) in [6.45, 7) is 2.02. The molecule has 0 aliphatic rings. The van der Waals surface area contributed by atoms with Crippen molar-refractivity contribution < 1.29 is 8.60 Å². The summed E-state index contributed by atoms with van der Waals surface area (Å²) in [6, 6.07) is 14.3. The van der Waals surface area contributed by atoms with Crippen molar-refractivity contribution in [2.45, 2.75) is 11.8 Å². The van der Waals surface area contributed by atoms with E-state index in [-0.39, 0.29) is 0 Å². The molecule has 0 saturated heterocycles. The van der Waals surface area contributed by atoms with Crippen LogP contribution in [0.1, 0.15) is 5.56 Å². The van der Waals surface area contributed by atoms with Gasteiger partial charge in [0.05, 0.1) is 23.5 Å². The average Bonchev–Trinajstić information content (AvgIpc) is 2.47. The topological polar surface area (TPSA) is 39.4 Å². The molecule has 3 aromatic rings. The lowest BCUT2D eigenvalue weighted by atomic mass is 10.2. The first-order chi connectivity index (χ1) is 10.1. The van der Waals surface area contributed by atoms with E-state index in [1.54, 1.807) is 18.2 Å². The minimum absolute atomic E-state index is 0.439. The van der Waals surface area contributed by atoms with Gasteiger partial charge in [0.25, 0.3) is 0 Å². The molecule has 0 saturated carbocycles. The Labute approximate surface area is 130 Å². The summed E-state index contributed by atoms with van der Waals surface area (Å²) in [5.41, 5.74) is 1.17. The lowest BCUT2D eigenvalue weighted by molar-refractivity contribution is 0.548. The quantitative estimate of drug-likeness (QED) is 0.511. The third-order valence-corrected chi connectivity index (χ3v) is 3.88. The first-order valence-electron chi connectivity index (χ1n) is 6.26. The zero-order chi connectivity index (χ0) is 14.8. The number of hydrogen-bond donors (Lipinski definition) is 0. The molecule has 0 N–H and O–H groups in total. The van der Waals surface area contributed by atoms with E-state index in [9.17, 15) is 4.79 Å². The summed E-state index contributed by atoms with van der Waals surface area (Å²) >= 11 is 7.17. The molecule has 2 aromatic carbocycles. The molecule has 106 valence electrons. The van der Waals surface area contributed by atoms with Crippen molar-refractivity contribution in [3.8, 4) is 5.75 Å². The van der Waals surface area contributed by atoms with Crippen LogP contribution in [0.15, 0.2) is 62.6 Å². The van der Waals surface area contributed by atoms with Crippen LogP contribution in [-0.4, -0.2) is 0 Å². The third kappa shape index (κ3) is 3.23. The first kappa shape index (κ1) is 14.0. The molecule has 1 aromatic heterocycles. The SMILES string of the molecule is Cc1ccc(SOc2cc(=O)oc3ccc(Cl)cc23)cc1. The molecule has 0 aliphatic carbocycles. The van der Waals surface area contributed by atoms with Gasteiger partial charge in [-0.1, -0.05) is 29.3 Å². The number of halogens is 1. The third-order valence-electron chi connectivity index (χ3n) is 2.92. The Morgan fingerprint density at radius 1 is 1.10 bits per heavy atom. The zero-order valence-electron chi connectivity index (χ0n) is 11.1. The Bertz CT molecular complexity index is 840. The van der Waals surface area contributed by atoms with Crippen LogP contribution in [0, 0.1) is 6.92 Å². The van der Waals surface area contributed by atoms with Gasteiger partial charge < -0.3 is 8.60 Å². The average molecular weight is 319 g/mol. The molecule has 0 aliphatic heterocycles. The maximum absolute atomic E-state index is 11.6. The monoisotopic (exact) mass is 318 g/mol. The Hall–Kier alpha value is -1.91. The molecule has 0 atom stereocenters. The second kappa shape index (κ2) is 5.84. The zero-order valence-corrected chi connectivity index (χ0v) is 12.7. The fraction of sp³-hybridized carbons (Fsp3) is 0.0625. The van der Waals surface area contributed by atoms with Crippen LogP contribution in [0.4, 0.5) is 0 Å². The smallest absolute Gasteiger partial charge is 0.340 e. The van der Waals surface area contributed by atoms with E-state index in [2.05, 4.69) is 0 Å². The molecular weight excluding hydrogens is 308 g/mol. The number of rotatable bonds is 3. The lowest BCUT2D eigenvalue weighted by Gasteiger charge is -2.07. The van der Waals surface area contributed by atoms with E-state index in [0.717, 1.165) is 4.90 Å². The van der Waals surface area contributed by atoms with E-state index >= 15 is 0 Å². The van der Waals surface area contributed by atoms with Crippen molar-refractivity contribution in [3.05, 3.63) is 69.5 Å². The number of aryl methyl sites for hydroxylation is 1. The van der Waals surface area contributed by atoms with Gasteiger partial charge in [0.2, 0.25) is 0 Å². The van der Waals surface area contributed by atoms with Gasteiger partial charge >= 0.3 is 5.63 Å². The summed E-state index contributed by atoms with van der Waals surface area (Å²) in [6.07, 6.45) is 0. The number of hydrogen-bond acceptors (Lipinski definition) is 4. The Balaban J connectivity index is 1.94. The summed E-state index contributed by atoms with van der Waals surface area (Å²) in [5, 5.41) is 1.23. The summed E-state index contributed by atoms with van der Waals surface area (Å²) in [4.78, 5) is 12.5. The van der Waals surface area contributed by atoms with Gasteiger partial charge in [-0.2, -0.15) is 0 Å². The second-order valence-corrected chi connectivity index (χ2v) is 5.79. The number of benzene rings is 2. The van der Waals surface area contributed by atoms with Crippen LogP contribution in [0.5, 0.6) is 5.75 Å². The highest BCUT2D eigenvalue weighted by Crippen LogP contribution is 2.31. The van der Waals surface area contributed by atoms with Crippen LogP contribution in [0.3, 0.4) is 0 Å². The van der Waals surface area contributed by atoms with E-state index in [4.69, 9.17) is 20.2 Å². The maximum atomic E-state index is 11.6. The van der Waals surface area contributed by atoms with Crippen LogP contribution in [0.25, 0.3) is 11.0 Å². The summed E-state index contributed by atoms with van der Waals surface area (Å²) in [7, 11) is 0. The van der Waals surface area contributed by atoms with Gasteiger partial charge in [0.15, 0.2) is 5.75 Å². The Kier molecular flexibility index (Phi) is 3.90. The second-order valence-electron chi connectivity index (χ2n) is 4.55. The van der Waals surface area contributed by atoms with Gasteiger partial charge in [-0.25, -0.2) is 4.79 Å². The lowest BCUT2D eigenvalue weighted by Crippen LogP contribution is -1.98. The van der Waals surface area contributed by atoms with Gasteiger partial charge in [-0.15, -0.1) is 0 Å². The van der Waals surface area contributed by atoms with E-state index < -0.39 is 5.63 Å². The van der Waals surface area contributed by atoms with E-state index in [1.807, 2.05) is 31.2 Å². The van der Waals surface area contributed by atoms with Crippen molar-refractivity contribution in [2.24, 2.45) is 0 Å². The normalized spacial score (nSPS) is 10.8. The van der Waals surface area contributed by atoms with E-state index in [1.165, 1.54) is 23.7 Å². The van der Waals surface area contributed by atoms with E-state index in [0.29, 0.717) is 21.7 Å². The molecule has 0 fully saturated rings. The van der Waals surface area contributed by atoms with Gasteiger partial charge in [-0.3, -0.25) is 0 Å². The molecule has 21 heavy (non-hydrogen) atoms. The van der Waals surface area contributed by atoms with Gasteiger partial charge in [-0.05, 0) is 37.3 Å². The predicted molar refractivity (Wildman–Crippen MR) is 85.2 cm³/mol. The van der Waals surface area contributed by atoms with Crippen LogP contribution >= 0.6 is 23.6 Å². The van der Waals surface area contributed by atoms with Crippen molar-refractivity contribution in [1.82, 2.24) is 0 Å². The molecule has 3 nitrogen and oxygen atoms in total. The predicted octanol–water partition coefficient (Wildman–Crippen LogP) is 4.84. The minimum Gasteiger partial charge on any atom is -0.422 e. The minimum atomic E-state index is -0.454.